The lowest BCUT2D eigenvalue weighted by Gasteiger charge is -2.33. The van der Waals surface area contributed by atoms with Crippen LogP contribution in [0.1, 0.15) is 58.1 Å². The molecule has 0 spiro atoms. The summed E-state index contributed by atoms with van der Waals surface area (Å²) < 4.78 is 36.9. The first-order valence-electron chi connectivity index (χ1n) is 18.5. The number of ether oxygens (including phenoxy) is 2. The van der Waals surface area contributed by atoms with Crippen molar-refractivity contribution in [3.8, 4) is 5.75 Å². The number of fused-ring (bicyclic) bond motifs is 2. The lowest BCUT2D eigenvalue weighted by molar-refractivity contribution is 0.0600. The zero-order valence-electron chi connectivity index (χ0n) is 31.0. The maximum Gasteiger partial charge on any atom is 0.337 e. The topological polar surface area (TPSA) is 155 Å². The predicted molar refractivity (Wildman–Crippen MR) is 206 cm³/mol. The molecular weight excluding hydrogens is 723 g/mol. The predicted octanol–water partition coefficient (Wildman–Crippen LogP) is 5.03. The highest BCUT2D eigenvalue weighted by Crippen LogP contribution is 2.36. The average Bonchev–Trinajstić information content (AvgIpc) is 3.95. The van der Waals surface area contributed by atoms with E-state index in [1.807, 2.05) is 34.3 Å². The molecule has 2 saturated heterocycles. The Morgan fingerprint density at radius 2 is 1.44 bits per heavy atom. The number of carbonyl (C=O) groups is 3. The van der Waals surface area contributed by atoms with E-state index >= 15 is 0 Å². The van der Waals surface area contributed by atoms with Crippen molar-refractivity contribution >= 4 is 39.4 Å². The molecule has 2 aromatic carbocycles. The van der Waals surface area contributed by atoms with Crippen molar-refractivity contribution < 1.29 is 32.3 Å². The molecule has 4 aromatic rings. The molecule has 4 aliphatic rings. The van der Waals surface area contributed by atoms with Crippen LogP contribution in [0.4, 0.5) is 21.0 Å². The van der Waals surface area contributed by atoms with Gasteiger partial charge in [-0.15, -0.1) is 0 Å². The number of methoxy groups -OCH3 is 1. The molecule has 6 heterocycles. The highest BCUT2D eigenvalue weighted by molar-refractivity contribution is 7.89. The van der Waals surface area contributed by atoms with Crippen LogP contribution in [0.3, 0.4) is 0 Å². The number of likely N-dealkylation sites (tertiary alicyclic amines) is 2. The molecule has 4 amide bonds. The summed E-state index contributed by atoms with van der Waals surface area (Å²) >= 11 is 0. The third kappa shape index (κ3) is 8.13. The monoisotopic (exact) mass is 767 g/mol. The zero-order chi connectivity index (χ0) is 38.5. The minimum absolute atomic E-state index is 0.00318. The Labute approximate surface area is 321 Å². The number of amides is 4. The van der Waals surface area contributed by atoms with Crippen LogP contribution in [0.15, 0.2) is 90.3 Å². The maximum absolute atomic E-state index is 13.2. The Balaban J connectivity index is 0.000000169. The number of anilines is 2. The Kier molecular flexibility index (Phi) is 11.3. The van der Waals surface area contributed by atoms with Crippen molar-refractivity contribution in [2.24, 2.45) is 0 Å². The summed E-state index contributed by atoms with van der Waals surface area (Å²) in [7, 11) is -0.756. The SMILES string of the molecule is CNS(=O)(=O)c1ccc2c(c1)CCCN2C(=O)N1CCC(c2cccnc2)C1.COC(=O)c1ccc2c(c1)N(C(=O)N1CCC(c3cccnc3)C1)CCO2. The fourth-order valence-corrected chi connectivity index (χ4v) is 8.49. The van der Waals surface area contributed by atoms with Crippen LogP contribution >= 0.6 is 0 Å². The molecule has 4 aliphatic heterocycles. The highest BCUT2D eigenvalue weighted by Gasteiger charge is 2.35. The Hall–Kier alpha value is -5.54. The second kappa shape index (κ2) is 16.4. The van der Waals surface area contributed by atoms with Crippen LogP contribution < -0.4 is 19.3 Å². The van der Waals surface area contributed by atoms with Gasteiger partial charge in [-0.2, -0.15) is 0 Å². The number of hydrogen-bond acceptors (Lipinski definition) is 9. The molecule has 14 nitrogen and oxygen atoms in total. The molecule has 8 rings (SSSR count). The summed E-state index contributed by atoms with van der Waals surface area (Å²) in [5.74, 6) is 0.772. The molecule has 2 atom stereocenters. The van der Waals surface area contributed by atoms with Gasteiger partial charge >= 0.3 is 18.0 Å². The Morgan fingerprint density at radius 3 is 2.02 bits per heavy atom. The van der Waals surface area contributed by atoms with Crippen LogP contribution in [-0.2, 0) is 21.2 Å². The largest absolute Gasteiger partial charge is 0.490 e. The van der Waals surface area contributed by atoms with Gasteiger partial charge in [0.2, 0.25) is 10.0 Å². The number of rotatable bonds is 5. The van der Waals surface area contributed by atoms with E-state index in [4.69, 9.17) is 9.47 Å². The number of esters is 1. The van der Waals surface area contributed by atoms with Gasteiger partial charge in [0.1, 0.15) is 12.4 Å². The van der Waals surface area contributed by atoms with Gasteiger partial charge in [-0.25, -0.2) is 27.5 Å². The van der Waals surface area contributed by atoms with Crippen molar-refractivity contribution in [2.75, 3.05) is 69.8 Å². The quantitative estimate of drug-likeness (QED) is 0.276. The summed E-state index contributed by atoms with van der Waals surface area (Å²) in [6.07, 6.45) is 10.7. The van der Waals surface area contributed by atoms with Crippen LogP contribution in [0.2, 0.25) is 0 Å². The number of aryl methyl sites for hydroxylation is 1. The first-order valence-corrected chi connectivity index (χ1v) is 20.0. The molecule has 15 heteroatoms. The van der Waals surface area contributed by atoms with E-state index in [-0.39, 0.29) is 17.0 Å². The number of sulfonamides is 1. The van der Waals surface area contributed by atoms with Crippen molar-refractivity contribution in [2.45, 2.75) is 42.4 Å². The number of benzene rings is 2. The molecule has 2 aromatic heterocycles. The third-order valence-electron chi connectivity index (χ3n) is 10.7. The second-order valence-corrected chi connectivity index (χ2v) is 15.8. The van der Waals surface area contributed by atoms with Crippen molar-refractivity contribution in [3.63, 3.8) is 0 Å². The van der Waals surface area contributed by atoms with Gasteiger partial charge in [-0.1, -0.05) is 12.1 Å². The smallest absolute Gasteiger partial charge is 0.337 e. The standard InChI is InChI=1S/C20H24N4O3S.C20H21N3O4/c1-21-28(26,27)18-6-7-19-15(12-18)5-3-10-24(19)20(25)23-11-8-17(14-23)16-4-2-9-22-13-16;1-26-19(24)14-4-5-18-17(11-14)23(9-10-27-18)20(25)22-8-6-16(13-22)15-3-2-7-21-12-15/h2,4,6-7,9,12-13,17,21H,3,5,8,10-11,14H2,1H3;2-5,7,11-12,16H,6,8-10,13H2,1H3. The fourth-order valence-electron chi connectivity index (χ4n) is 7.71. The summed E-state index contributed by atoms with van der Waals surface area (Å²) in [5, 5.41) is 0. The lowest BCUT2D eigenvalue weighted by atomic mass is 10.0. The van der Waals surface area contributed by atoms with Crippen LogP contribution in [0, 0.1) is 0 Å². The minimum atomic E-state index is -3.49. The number of pyridine rings is 2. The van der Waals surface area contributed by atoms with Gasteiger partial charge in [-0.05, 0) is 98.0 Å². The van der Waals surface area contributed by atoms with Crippen LogP contribution in [0.25, 0.3) is 0 Å². The van der Waals surface area contributed by atoms with Crippen molar-refractivity contribution in [1.82, 2.24) is 24.5 Å². The van der Waals surface area contributed by atoms with Gasteiger partial charge < -0.3 is 19.3 Å². The molecule has 2 fully saturated rings. The van der Waals surface area contributed by atoms with E-state index in [0.29, 0.717) is 68.2 Å². The molecule has 288 valence electrons. The first kappa shape index (κ1) is 37.8. The number of carbonyl (C=O) groups excluding carboxylic acids is 3. The van der Waals surface area contributed by atoms with Gasteiger partial charge in [0.15, 0.2) is 0 Å². The molecular formula is C40H45N7O7S. The molecule has 0 aliphatic carbocycles. The summed E-state index contributed by atoms with van der Waals surface area (Å²) in [6, 6.07) is 17.9. The summed E-state index contributed by atoms with van der Waals surface area (Å²) in [6.45, 7) is 4.29. The van der Waals surface area contributed by atoms with Crippen LogP contribution in [0.5, 0.6) is 5.75 Å². The zero-order valence-corrected chi connectivity index (χ0v) is 31.8. The summed E-state index contributed by atoms with van der Waals surface area (Å²) in [4.78, 5) is 54.0. The van der Waals surface area contributed by atoms with E-state index in [1.54, 1.807) is 58.6 Å². The number of urea groups is 2. The molecule has 0 bridgehead atoms. The number of aromatic nitrogens is 2. The highest BCUT2D eigenvalue weighted by atomic mass is 32.2. The molecule has 0 radical (unpaired) electrons. The Morgan fingerprint density at radius 1 is 0.800 bits per heavy atom. The number of nitrogens with one attached hydrogen (secondary N) is 1. The molecule has 55 heavy (non-hydrogen) atoms. The van der Waals surface area contributed by atoms with Gasteiger partial charge in [-0.3, -0.25) is 19.8 Å². The molecule has 0 saturated carbocycles. The maximum atomic E-state index is 13.2. The third-order valence-corrected chi connectivity index (χ3v) is 12.1. The average molecular weight is 768 g/mol. The molecule has 1 N–H and O–H groups in total. The lowest BCUT2D eigenvalue weighted by Crippen LogP contribution is -2.46. The van der Waals surface area contributed by atoms with Crippen molar-refractivity contribution in [1.29, 1.82) is 0 Å². The van der Waals surface area contributed by atoms with Crippen molar-refractivity contribution in [3.05, 3.63) is 108 Å². The number of hydrogen-bond donors (Lipinski definition) is 1. The minimum Gasteiger partial charge on any atom is -0.490 e. The fraction of sp³-hybridized carbons (Fsp3) is 0.375. The second-order valence-electron chi connectivity index (χ2n) is 13.9. The van der Waals surface area contributed by atoms with Crippen LogP contribution in [-0.4, -0.2) is 106 Å². The number of nitrogens with zero attached hydrogens (tertiary/aromatic N) is 6. The van der Waals surface area contributed by atoms with E-state index in [9.17, 15) is 22.8 Å². The van der Waals surface area contributed by atoms with Gasteiger partial charge in [0, 0.05) is 75.0 Å². The van der Waals surface area contributed by atoms with Gasteiger partial charge in [0.25, 0.3) is 0 Å². The van der Waals surface area contributed by atoms with E-state index in [2.05, 4.69) is 26.8 Å². The van der Waals surface area contributed by atoms with Gasteiger partial charge in [0.05, 0.1) is 29.8 Å². The first-order chi connectivity index (χ1) is 26.7. The van der Waals surface area contributed by atoms with E-state index < -0.39 is 16.0 Å². The van der Waals surface area contributed by atoms with E-state index in [0.717, 1.165) is 49.0 Å². The Bertz CT molecular complexity index is 2140. The summed E-state index contributed by atoms with van der Waals surface area (Å²) in [5.41, 5.74) is 5.05. The molecule has 2 unspecified atom stereocenters. The van der Waals surface area contributed by atoms with E-state index in [1.165, 1.54) is 19.7 Å². The normalized spacial score (nSPS) is 19.1.